The van der Waals surface area contributed by atoms with E-state index >= 15 is 0 Å². The van der Waals surface area contributed by atoms with Crippen molar-refractivity contribution in [3.05, 3.63) is 0 Å². The number of aliphatic carboxylic acids is 1. The molecule has 2 N–H and O–H groups in total. The second kappa shape index (κ2) is 3.97. The maximum atomic E-state index is 12.2. The highest BCUT2D eigenvalue weighted by atomic mass is 16.4. The van der Waals surface area contributed by atoms with Crippen LogP contribution in [0.15, 0.2) is 0 Å². The summed E-state index contributed by atoms with van der Waals surface area (Å²) in [5.41, 5.74) is -1.04. The quantitative estimate of drug-likeness (QED) is 0.800. The zero-order chi connectivity index (χ0) is 12.9. The minimum atomic E-state index is -1.04. The Hall–Kier alpha value is -1.06. The van der Waals surface area contributed by atoms with Crippen molar-refractivity contribution in [2.45, 2.75) is 51.0 Å². The Bertz CT molecular complexity index is 379. The molecule has 4 heteroatoms. The molecule has 0 bridgehead atoms. The van der Waals surface area contributed by atoms with Gasteiger partial charge in [-0.15, -0.1) is 0 Å². The molecule has 1 amide bonds. The second-order valence-corrected chi connectivity index (χ2v) is 6.41. The smallest absolute Gasteiger partial charge is 0.329 e. The second-order valence-electron chi connectivity index (χ2n) is 6.41. The normalized spacial score (nSPS) is 37.3. The molecule has 18 heavy (non-hydrogen) atoms. The first-order valence-electron chi connectivity index (χ1n) is 7.09. The number of carboxylic acid groups (broad SMARTS) is 1. The van der Waals surface area contributed by atoms with Gasteiger partial charge in [0.25, 0.3) is 0 Å². The van der Waals surface area contributed by atoms with Crippen LogP contribution in [0.5, 0.6) is 0 Å². The fraction of sp³-hybridized carbons (Fsp3) is 0.857. The van der Waals surface area contributed by atoms with E-state index in [0.29, 0.717) is 11.8 Å². The Balaban J connectivity index is 1.65. The first kappa shape index (κ1) is 12.0. The molecular weight excluding hydrogens is 230 g/mol. The predicted molar refractivity (Wildman–Crippen MR) is 65.8 cm³/mol. The SMILES string of the molecule is CC(NC(=O)C1C2CCCCC21)(C(=O)O)C1CC1. The van der Waals surface area contributed by atoms with Crippen LogP contribution in [0.3, 0.4) is 0 Å². The van der Waals surface area contributed by atoms with Crippen molar-refractivity contribution in [2.24, 2.45) is 23.7 Å². The van der Waals surface area contributed by atoms with E-state index in [0.717, 1.165) is 25.7 Å². The van der Waals surface area contributed by atoms with Gasteiger partial charge >= 0.3 is 5.97 Å². The van der Waals surface area contributed by atoms with Gasteiger partial charge < -0.3 is 10.4 Å². The molecule has 100 valence electrons. The van der Waals surface area contributed by atoms with E-state index in [1.54, 1.807) is 6.92 Å². The van der Waals surface area contributed by atoms with Gasteiger partial charge in [0.2, 0.25) is 5.91 Å². The van der Waals surface area contributed by atoms with Gasteiger partial charge in [-0.2, -0.15) is 0 Å². The van der Waals surface area contributed by atoms with Crippen LogP contribution in [0.2, 0.25) is 0 Å². The van der Waals surface area contributed by atoms with Crippen LogP contribution in [0, 0.1) is 23.7 Å². The number of nitrogens with one attached hydrogen (secondary N) is 1. The van der Waals surface area contributed by atoms with Gasteiger partial charge in [-0.05, 0) is 50.4 Å². The fourth-order valence-corrected chi connectivity index (χ4v) is 3.71. The molecule has 0 aromatic rings. The predicted octanol–water partition coefficient (Wildman–Crippen LogP) is 1.79. The summed E-state index contributed by atoms with van der Waals surface area (Å²) >= 11 is 0. The van der Waals surface area contributed by atoms with Gasteiger partial charge in [0.1, 0.15) is 5.54 Å². The third-order valence-corrected chi connectivity index (χ3v) is 5.18. The first-order chi connectivity index (χ1) is 8.54. The van der Waals surface area contributed by atoms with Crippen molar-refractivity contribution in [2.75, 3.05) is 0 Å². The number of carboxylic acids is 1. The Morgan fingerprint density at radius 1 is 1.11 bits per heavy atom. The lowest BCUT2D eigenvalue weighted by molar-refractivity contribution is -0.148. The number of fused-ring (bicyclic) bond motifs is 1. The van der Waals surface area contributed by atoms with Crippen molar-refractivity contribution in [1.29, 1.82) is 0 Å². The minimum absolute atomic E-state index is 0.0105. The summed E-state index contributed by atoms with van der Waals surface area (Å²) in [6, 6.07) is 0. The van der Waals surface area contributed by atoms with E-state index in [2.05, 4.69) is 5.32 Å². The van der Waals surface area contributed by atoms with Gasteiger partial charge in [-0.25, -0.2) is 4.79 Å². The van der Waals surface area contributed by atoms with Gasteiger partial charge in [0.15, 0.2) is 0 Å². The Morgan fingerprint density at radius 2 is 1.67 bits per heavy atom. The average molecular weight is 251 g/mol. The number of carbonyl (C=O) groups excluding carboxylic acids is 1. The summed E-state index contributed by atoms with van der Waals surface area (Å²) in [6.07, 6.45) is 6.58. The zero-order valence-electron chi connectivity index (χ0n) is 10.8. The van der Waals surface area contributed by atoms with Crippen LogP contribution < -0.4 is 5.32 Å². The average Bonchev–Trinajstić information content (AvgIpc) is 3.21. The highest BCUT2D eigenvalue weighted by Crippen LogP contribution is 2.55. The summed E-state index contributed by atoms with van der Waals surface area (Å²) in [4.78, 5) is 23.6. The summed E-state index contributed by atoms with van der Waals surface area (Å²) < 4.78 is 0. The monoisotopic (exact) mass is 251 g/mol. The molecule has 3 atom stereocenters. The third kappa shape index (κ3) is 1.82. The van der Waals surface area contributed by atoms with Crippen molar-refractivity contribution in [1.82, 2.24) is 5.32 Å². The van der Waals surface area contributed by atoms with Crippen LogP contribution >= 0.6 is 0 Å². The first-order valence-corrected chi connectivity index (χ1v) is 7.09. The van der Waals surface area contributed by atoms with E-state index in [1.165, 1.54) is 12.8 Å². The largest absolute Gasteiger partial charge is 0.480 e. The number of hydrogen-bond donors (Lipinski definition) is 2. The number of amides is 1. The number of carbonyl (C=O) groups is 2. The Kier molecular flexibility index (Phi) is 2.65. The van der Waals surface area contributed by atoms with E-state index in [1.807, 2.05) is 0 Å². The van der Waals surface area contributed by atoms with Crippen molar-refractivity contribution >= 4 is 11.9 Å². The number of rotatable bonds is 4. The van der Waals surface area contributed by atoms with Gasteiger partial charge in [0, 0.05) is 5.92 Å². The maximum absolute atomic E-state index is 12.2. The zero-order valence-corrected chi connectivity index (χ0v) is 10.8. The summed E-state index contributed by atoms with van der Waals surface area (Å²) in [6.45, 7) is 1.66. The van der Waals surface area contributed by atoms with E-state index in [9.17, 15) is 14.7 Å². The van der Waals surface area contributed by atoms with Crippen molar-refractivity contribution in [3.63, 3.8) is 0 Å². The molecule has 0 saturated heterocycles. The van der Waals surface area contributed by atoms with E-state index in [-0.39, 0.29) is 17.7 Å². The summed E-state index contributed by atoms with van der Waals surface area (Å²) in [5.74, 6) is 0.405. The van der Waals surface area contributed by atoms with Crippen molar-refractivity contribution in [3.8, 4) is 0 Å². The molecule has 0 spiro atoms. The molecule has 3 aliphatic carbocycles. The van der Waals surface area contributed by atoms with Gasteiger partial charge in [-0.3, -0.25) is 4.79 Å². The van der Waals surface area contributed by atoms with Crippen LogP contribution in [0.4, 0.5) is 0 Å². The minimum Gasteiger partial charge on any atom is -0.480 e. The molecule has 0 radical (unpaired) electrons. The Labute approximate surface area is 107 Å². The van der Waals surface area contributed by atoms with E-state index < -0.39 is 11.5 Å². The van der Waals surface area contributed by atoms with E-state index in [4.69, 9.17) is 0 Å². The maximum Gasteiger partial charge on any atom is 0.329 e. The molecule has 3 fully saturated rings. The van der Waals surface area contributed by atoms with Crippen LogP contribution in [-0.2, 0) is 9.59 Å². The highest BCUT2D eigenvalue weighted by Gasteiger charge is 2.57. The van der Waals surface area contributed by atoms with Gasteiger partial charge in [-0.1, -0.05) is 12.8 Å². The summed E-state index contributed by atoms with van der Waals surface area (Å²) in [5, 5.41) is 12.2. The molecule has 0 aromatic heterocycles. The molecule has 3 unspecified atom stereocenters. The number of hydrogen-bond acceptors (Lipinski definition) is 2. The topological polar surface area (TPSA) is 66.4 Å². The summed E-state index contributed by atoms with van der Waals surface area (Å²) in [7, 11) is 0. The van der Waals surface area contributed by atoms with Gasteiger partial charge in [0.05, 0.1) is 0 Å². The molecular formula is C14H21NO3. The molecule has 4 nitrogen and oxygen atoms in total. The lowest BCUT2D eigenvalue weighted by Crippen LogP contribution is -2.54. The Morgan fingerprint density at radius 3 is 2.11 bits per heavy atom. The molecule has 3 saturated carbocycles. The lowest BCUT2D eigenvalue weighted by Gasteiger charge is -2.26. The molecule has 0 aliphatic heterocycles. The van der Waals surface area contributed by atoms with Crippen LogP contribution in [0.25, 0.3) is 0 Å². The molecule has 3 aliphatic rings. The van der Waals surface area contributed by atoms with Crippen LogP contribution in [-0.4, -0.2) is 22.5 Å². The third-order valence-electron chi connectivity index (χ3n) is 5.18. The highest BCUT2D eigenvalue weighted by molar-refractivity contribution is 5.90. The molecule has 0 aromatic carbocycles. The van der Waals surface area contributed by atoms with Crippen LogP contribution in [0.1, 0.15) is 45.4 Å². The molecule has 3 rings (SSSR count). The molecule has 0 heterocycles. The lowest BCUT2D eigenvalue weighted by atomic mass is 9.95. The fourth-order valence-electron chi connectivity index (χ4n) is 3.71. The standard InChI is InChI=1S/C14H21NO3/c1-14(13(17)18,8-6-7-8)15-12(16)11-9-4-2-3-5-10(9)11/h8-11H,2-7H2,1H3,(H,15,16)(H,17,18). The van der Waals surface area contributed by atoms with Crippen molar-refractivity contribution < 1.29 is 14.7 Å².